The molecule has 1 aromatic carbocycles. The summed E-state index contributed by atoms with van der Waals surface area (Å²) in [6, 6.07) is 7.28. The summed E-state index contributed by atoms with van der Waals surface area (Å²) in [4.78, 5) is 31.6. The summed E-state index contributed by atoms with van der Waals surface area (Å²) in [5, 5.41) is 6.86. The maximum atomic E-state index is 12.9. The number of nitrogens with one attached hydrogen (secondary N) is 1. The van der Waals surface area contributed by atoms with Crippen molar-refractivity contribution in [2.75, 3.05) is 18.4 Å². The van der Waals surface area contributed by atoms with Gasteiger partial charge in [0.2, 0.25) is 11.8 Å². The van der Waals surface area contributed by atoms with E-state index < -0.39 is 0 Å². The van der Waals surface area contributed by atoms with Crippen LogP contribution < -0.4 is 5.32 Å². The molecule has 7 heteroatoms. The second-order valence-corrected chi connectivity index (χ2v) is 8.15. The topological polar surface area (TPSA) is 88.3 Å². The lowest BCUT2D eigenvalue weighted by atomic mass is 9.88. The first-order valence-corrected chi connectivity index (χ1v) is 10.6. The first kappa shape index (κ1) is 19.6. The van der Waals surface area contributed by atoms with Gasteiger partial charge in [0.1, 0.15) is 0 Å². The van der Waals surface area contributed by atoms with Gasteiger partial charge in [0.15, 0.2) is 5.82 Å². The maximum absolute atomic E-state index is 12.9. The highest BCUT2D eigenvalue weighted by Gasteiger charge is 2.28. The van der Waals surface area contributed by atoms with Crippen LogP contribution in [0.2, 0.25) is 0 Å². The zero-order valence-corrected chi connectivity index (χ0v) is 16.9. The molecule has 2 aromatic rings. The molecule has 0 atom stereocenters. The molecule has 29 heavy (non-hydrogen) atoms. The van der Waals surface area contributed by atoms with Crippen LogP contribution in [0.25, 0.3) is 0 Å². The Balaban J connectivity index is 1.35. The van der Waals surface area contributed by atoms with Crippen molar-refractivity contribution >= 4 is 17.5 Å². The minimum Gasteiger partial charge on any atom is -0.339 e. The highest BCUT2D eigenvalue weighted by molar-refractivity contribution is 5.97. The standard InChI is InChI=1S/C22H28N4O3/c1-15-23-21(29-25-15)17-10-12-26(13-11-17)22(28)18-8-5-9-19(14-18)24-20(27)16-6-3-2-4-7-16/h5,8-9,14,16-17H,2-4,6-7,10-13H2,1H3,(H,24,27). The normalized spacial score (nSPS) is 18.6. The number of aromatic nitrogens is 2. The minimum absolute atomic E-state index is 0.000995. The number of amides is 2. The number of carbonyl (C=O) groups is 2. The number of rotatable bonds is 4. The maximum Gasteiger partial charge on any atom is 0.253 e. The second kappa shape index (κ2) is 8.76. The summed E-state index contributed by atoms with van der Waals surface area (Å²) >= 11 is 0. The van der Waals surface area contributed by atoms with Gasteiger partial charge in [-0.05, 0) is 50.8 Å². The summed E-state index contributed by atoms with van der Waals surface area (Å²) < 4.78 is 5.28. The van der Waals surface area contributed by atoms with E-state index in [0.717, 1.165) is 38.5 Å². The Morgan fingerprint density at radius 2 is 1.86 bits per heavy atom. The number of nitrogens with zero attached hydrogens (tertiary/aromatic N) is 3. The monoisotopic (exact) mass is 396 g/mol. The number of aryl methyl sites for hydroxylation is 1. The predicted octanol–water partition coefficient (Wildman–Crippen LogP) is 3.92. The summed E-state index contributed by atoms with van der Waals surface area (Å²) in [7, 11) is 0. The van der Waals surface area contributed by atoms with Crippen LogP contribution in [0.4, 0.5) is 5.69 Å². The predicted molar refractivity (Wildman–Crippen MR) is 109 cm³/mol. The Kier molecular flexibility index (Phi) is 5.92. The van der Waals surface area contributed by atoms with Gasteiger partial charge in [0.25, 0.3) is 5.91 Å². The first-order chi connectivity index (χ1) is 14.1. The van der Waals surface area contributed by atoms with Crippen LogP contribution in [0.1, 0.15) is 72.9 Å². The lowest BCUT2D eigenvalue weighted by Crippen LogP contribution is -2.38. The Morgan fingerprint density at radius 1 is 1.10 bits per heavy atom. The molecule has 4 rings (SSSR count). The fourth-order valence-corrected chi connectivity index (χ4v) is 4.33. The van der Waals surface area contributed by atoms with Crippen molar-refractivity contribution in [2.45, 2.75) is 57.8 Å². The number of hydrogen-bond donors (Lipinski definition) is 1. The van der Waals surface area contributed by atoms with E-state index in [1.54, 1.807) is 6.07 Å². The number of carbonyl (C=O) groups excluding carboxylic acids is 2. The Hall–Kier alpha value is -2.70. The Bertz CT molecular complexity index is 864. The number of likely N-dealkylation sites (tertiary alicyclic amines) is 1. The fourth-order valence-electron chi connectivity index (χ4n) is 4.33. The van der Waals surface area contributed by atoms with Gasteiger partial charge in [-0.2, -0.15) is 4.98 Å². The number of piperidine rings is 1. The van der Waals surface area contributed by atoms with Crippen LogP contribution in [-0.2, 0) is 4.79 Å². The zero-order chi connectivity index (χ0) is 20.2. The van der Waals surface area contributed by atoms with Crippen molar-refractivity contribution < 1.29 is 14.1 Å². The summed E-state index contributed by atoms with van der Waals surface area (Å²) in [6.07, 6.45) is 7.00. The molecule has 0 unspecified atom stereocenters. The van der Waals surface area contributed by atoms with E-state index >= 15 is 0 Å². The molecule has 7 nitrogen and oxygen atoms in total. The highest BCUT2D eigenvalue weighted by atomic mass is 16.5. The SMILES string of the molecule is Cc1noc(C2CCN(C(=O)c3cccc(NC(=O)C4CCCCC4)c3)CC2)n1. The molecular weight excluding hydrogens is 368 g/mol. The van der Waals surface area contributed by atoms with Crippen molar-refractivity contribution in [2.24, 2.45) is 5.92 Å². The smallest absolute Gasteiger partial charge is 0.253 e. The third-order valence-electron chi connectivity index (χ3n) is 6.03. The average Bonchev–Trinajstić information content (AvgIpc) is 3.20. The Labute approximate surface area is 170 Å². The molecule has 1 aliphatic heterocycles. The molecule has 2 amide bonds. The molecule has 2 heterocycles. The van der Waals surface area contributed by atoms with Gasteiger partial charge in [0.05, 0.1) is 0 Å². The van der Waals surface area contributed by atoms with E-state index in [1.165, 1.54) is 6.42 Å². The molecule has 2 aliphatic rings. The zero-order valence-electron chi connectivity index (χ0n) is 16.9. The van der Waals surface area contributed by atoms with E-state index in [4.69, 9.17) is 4.52 Å². The van der Waals surface area contributed by atoms with E-state index in [-0.39, 0.29) is 23.7 Å². The van der Waals surface area contributed by atoms with Gasteiger partial charge in [0, 0.05) is 36.2 Å². The highest BCUT2D eigenvalue weighted by Crippen LogP contribution is 2.28. The van der Waals surface area contributed by atoms with Crippen LogP contribution in [-0.4, -0.2) is 39.9 Å². The molecule has 1 saturated heterocycles. The van der Waals surface area contributed by atoms with Crippen molar-refractivity contribution in [3.8, 4) is 0 Å². The summed E-state index contributed by atoms with van der Waals surface area (Å²) in [5.74, 6) is 1.69. The van der Waals surface area contributed by atoms with Crippen molar-refractivity contribution in [1.82, 2.24) is 15.0 Å². The number of benzene rings is 1. The van der Waals surface area contributed by atoms with Crippen LogP contribution in [0.5, 0.6) is 0 Å². The van der Waals surface area contributed by atoms with Gasteiger partial charge in [-0.1, -0.05) is 30.5 Å². The lowest BCUT2D eigenvalue weighted by Gasteiger charge is -2.30. The van der Waals surface area contributed by atoms with Crippen LogP contribution in [0.15, 0.2) is 28.8 Å². The second-order valence-electron chi connectivity index (χ2n) is 8.15. The fraction of sp³-hybridized carbons (Fsp3) is 0.545. The molecule has 1 saturated carbocycles. The molecule has 154 valence electrons. The molecule has 1 aliphatic carbocycles. The van der Waals surface area contributed by atoms with E-state index in [9.17, 15) is 9.59 Å². The van der Waals surface area contributed by atoms with Crippen molar-refractivity contribution in [3.05, 3.63) is 41.5 Å². The van der Waals surface area contributed by atoms with E-state index in [2.05, 4.69) is 15.5 Å². The average molecular weight is 396 g/mol. The largest absolute Gasteiger partial charge is 0.339 e. The van der Waals surface area contributed by atoms with Gasteiger partial charge < -0.3 is 14.7 Å². The van der Waals surface area contributed by atoms with Crippen LogP contribution in [0, 0.1) is 12.8 Å². The van der Waals surface area contributed by atoms with Crippen LogP contribution >= 0.6 is 0 Å². The van der Waals surface area contributed by atoms with Gasteiger partial charge >= 0.3 is 0 Å². The first-order valence-electron chi connectivity index (χ1n) is 10.6. The summed E-state index contributed by atoms with van der Waals surface area (Å²) in [5.41, 5.74) is 1.31. The summed E-state index contributed by atoms with van der Waals surface area (Å²) in [6.45, 7) is 3.12. The number of hydrogen-bond acceptors (Lipinski definition) is 5. The van der Waals surface area contributed by atoms with E-state index in [0.29, 0.717) is 36.1 Å². The Morgan fingerprint density at radius 3 is 2.55 bits per heavy atom. The van der Waals surface area contributed by atoms with Gasteiger partial charge in [-0.15, -0.1) is 0 Å². The molecule has 0 spiro atoms. The third kappa shape index (κ3) is 4.66. The number of anilines is 1. The molecule has 1 aromatic heterocycles. The molecule has 0 radical (unpaired) electrons. The molecule has 2 fully saturated rings. The third-order valence-corrected chi connectivity index (χ3v) is 6.03. The molecular formula is C22H28N4O3. The van der Waals surface area contributed by atoms with Gasteiger partial charge in [-0.25, -0.2) is 0 Å². The quantitative estimate of drug-likeness (QED) is 0.846. The van der Waals surface area contributed by atoms with Crippen molar-refractivity contribution in [1.29, 1.82) is 0 Å². The van der Waals surface area contributed by atoms with E-state index in [1.807, 2.05) is 30.0 Å². The molecule has 0 bridgehead atoms. The molecule has 1 N–H and O–H groups in total. The lowest BCUT2D eigenvalue weighted by molar-refractivity contribution is -0.120. The minimum atomic E-state index is -0.000995. The van der Waals surface area contributed by atoms with Crippen LogP contribution in [0.3, 0.4) is 0 Å². The van der Waals surface area contributed by atoms with Crippen molar-refractivity contribution in [3.63, 3.8) is 0 Å². The van der Waals surface area contributed by atoms with Gasteiger partial charge in [-0.3, -0.25) is 9.59 Å².